The number of ether oxygens (including phenoxy) is 1. The maximum atomic E-state index is 13.2. The monoisotopic (exact) mass is 603 g/mol. The third-order valence-electron chi connectivity index (χ3n) is 7.53. The molecule has 0 saturated carbocycles. The molecule has 40 heavy (non-hydrogen) atoms. The van der Waals surface area contributed by atoms with Crippen molar-refractivity contribution in [1.82, 2.24) is 9.97 Å². The first-order chi connectivity index (χ1) is 18.3. The van der Waals surface area contributed by atoms with Crippen LogP contribution in [-0.4, -0.2) is 45.6 Å². The van der Waals surface area contributed by atoms with Crippen molar-refractivity contribution in [3.8, 4) is 23.3 Å². The predicted octanol–water partition coefficient (Wildman–Crippen LogP) is 7.26. The lowest BCUT2D eigenvalue weighted by Gasteiger charge is -2.39. The van der Waals surface area contributed by atoms with Crippen LogP contribution in [0.2, 0.25) is 41.3 Å². The molecule has 0 atom stereocenters. The molecule has 8 nitrogen and oxygen atoms in total. The highest BCUT2D eigenvalue weighted by Crippen LogP contribution is 2.46. The van der Waals surface area contributed by atoms with Gasteiger partial charge in [-0.15, -0.1) is 0 Å². The molecule has 0 spiro atoms. The molecule has 0 saturated heterocycles. The van der Waals surface area contributed by atoms with E-state index in [4.69, 9.17) is 25.2 Å². The Balaban J connectivity index is 2.57. The first-order valence-electron chi connectivity index (χ1n) is 13.2. The van der Waals surface area contributed by atoms with Gasteiger partial charge in [-0.1, -0.05) is 59.1 Å². The zero-order valence-corrected chi connectivity index (χ0v) is 28.3. The van der Waals surface area contributed by atoms with Crippen LogP contribution in [0.4, 0.5) is 5.82 Å². The van der Waals surface area contributed by atoms with E-state index in [1.807, 2.05) is 0 Å². The number of nitrogens with zero attached hydrogens (tertiary/aromatic N) is 2. The summed E-state index contributed by atoms with van der Waals surface area (Å²) in [5.41, 5.74) is 0.771. The number of anilines is 1. The highest BCUT2D eigenvalue weighted by Gasteiger charge is 2.42. The van der Waals surface area contributed by atoms with Gasteiger partial charge in [-0.3, -0.25) is 15.1 Å². The highest BCUT2D eigenvalue weighted by molar-refractivity contribution is 6.75. The summed E-state index contributed by atoms with van der Waals surface area (Å²) in [7, 11) is -3.34. The van der Waals surface area contributed by atoms with Crippen LogP contribution >= 0.6 is 11.6 Å². The quantitative estimate of drug-likeness (QED) is 0.192. The second-order valence-electron chi connectivity index (χ2n) is 12.6. The Bertz CT molecular complexity index is 1290. The number of hydrogen-bond donors (Lipinski definition) is 1. The van der Waals surface area contributed by atoms with Gasteiger partial charge in [0.05, 0.1) is 18.3 Å². The topological polar surface area (TPSA) is 99.6 Å². The third kappa shape index (κ3) is 8.32. The van der Waals surface area contributed by atoms with Crippen molar-refractivity contribution in [2.75, 3.05) is 12.4 Å². The molecule has 1 aromatic heterocycles. The number of halogens is 1. The lowest BCUT2D eigenvalue weighted by atomic mass is 10.0. The first kappa shape index (κ1) is 33.3. The van der Waals surface area contributed by atoms with Crippen molar-refractivity contribution < 1.29 is 23.2 Å². The second kappa shape index (κ2) is 12.7. The Kier molecular flexibility index (Phi) is 10.6. The fourth-order valence-electron chi connectivity index (χ4n) is 3.07. The molecule has 0 aliphatic carbocycles. The number of hydrogen-bond acceptors (Lipinski definition) is 7. The van der Waals surface area contributed by atoms with Crippen molar-refractivity contribution >= 4 is 45.9 Å². The van der Waals surface area contributed by atoms with Gasteiger partial charge in [0.15, 0.2) is 5.82 Å². The summed E-state index contributed by atoms with van der Waals surface area (Å²) in [6, 6.07) is 1.74. The molecule has 0 radical (unpaired) electrons. The number of carbonyl (C=O) groups is 2. The van der Waals surface area contributed by atoms with Gasteiger partial charge in [-0.05, 0) is 54.2 Å². The third-order valence-corrected chi connectivity index (χ3v) is 16.6. The second-order valence-corrected chi connectivity index (χ2v) is 22.4. The average molecular weight is 604 g/mol. The molecule has 0 bridgehead atoms. The van der Waals surface area contributed by atoms with E-state index in [1.165, 1.54) is 25.7 Å². The Labute approximate surface area is 245 Å². The minimum atomic E-state index is -2.37. The lowest BCUT2D eigenvalue weighted by molar-refractivity contribution is -0.111. The zero-order chi connectivity index (χ0) is 30.5. The Morgan fingerprint density at radius 2 is 1.55 bits per heavy atom. The SMILES string of the molecule is COC(=O)c1c(O[Si](C)(C)C(C)(C)C)cc(O[Si](C)(C)C(C)(C)C)c(Cl)c1CCC#CC(=O)Nc1cnccn1. The molecule has 0 aliphatic heterocycles. The Hall–Kier alpha value is -2.88. The summed E-state index contributed by atoms with van der Waals surface area (Å²) in [4.78, 5) is 33.3. The summed E-state index contributed by atoms with van der Waals surface area (Å²) in [5.74, 6) is 5.51. The predicted molar refractivity (Wildman–Crippen MR) is 165 cm³/mol. The minimum Gasteiger partial charge on any atom is -0.543 e. The molecular weight excluding hydrogens is 562 g/mol. The van der Waals surface area contributed by atoms with Gasteiger partial charge in [-0.2, -0.15) is 0 Å². The van der Waals surface area contributed by atoms with E-state index in [0.717, 1.165) is 0 Å². The van der Waals surface area contributed by atoms with E-state index >= 15 is 0 Å². The smallest absolute Gasteiger partial charge is 0.341 e. The number of carbonyl (C=O) groups excluding carboxylic acids is 2. The molecule has 1 heterocycles. The van der Waals surface area contributed by atoms with E-state index in [-0.39, 0.29) is 28.5 Å². The fourth-order valence-corrected chi connectivity index (χ4v) is 5.46. The standard InChI is InChI=1S/C29H42ClN3O5Si2/c1-28(2,3)39(8,9)37-21-18-22(38-40(10,11)29(4,5)6)26(30)20(25(21)27(35)36-7)14-12-13-15-24(34)33-23-19-31-16-17-32-23/h16-19H,12,14H2,1-11H3,(H,32,33,34). The molecule has 11 heteroatoms. The van der Waals surface area contributed by atoms with Gasteiger partial charge in [-0.25, -0.2) is 9.78 Å². The van der Waals surface area contributed by atoms with Crippen molar-refractivity contribution in [3.05, 3.63) is 40.8 Å². The minimum absolute atomic E-state index is 0.0834. The Morgan fingerprint density at radius 1 is 0.975 bits per heavy atom. The molecule has 2 aromatic rings. The molecule has 218 valence electrons. The van der Waals surface area contributed by atoms with E-state index in [2.05, 4.69) is 94.9 Å². The molecular formula is C29H42ClN3O5Si2. The maximum Gasteiger partial charge on any atom is 0.341 e. The van der Waals surface area contributed by atoms with Crippen LogP contribution in [0.25, 0.3) is 0 Å². The van der Waals surface area contributed by atoms with Crippen molar-refractivity contribution in [2.45, 2.75) is 90.6 Å². The van der Waals surface area contributed by atoms with Gasteiger partial charge >= 0.3 is 11.9 Å². The number of rotatable bonds is 8. The van der Waals surface area contributed by atoms with Gasteiger partial charge in [0, 0.05) is 24.9 Å². The van der Waals surface area contributed by atoms with Crippen LogP contribution in [-0.2, 0) is 16.0 Å². The number of amides is 1. The summed E-state index contributed by atoms with van der Waals surface area (Å²) < 4.78 is 18.5. The summed E-state index contributed by atoms with van der Waals surface area (Å²) >= 11 is 6.96. The molecule has 0 unspecified atom stereocenters. The molecule has 0 fully saturated rings. The van der Waals surface area contributed by atoms with Gasteiger partial charge in [0.1, 0.15) is 17.1 Å². The first-order valence-corrected chi connectivity index (χ1v) is 19.4. The van der Waals surface area contributed by atoms with E-state index in [0.29, 0.717) is 27.9 Å². The Morgan fingerprint density at radius 3 is 2.05 bits per heavy atom. The summed E-state index contributed by atoms with van der Waals surface area (Å²) in [5, 5.41) is 2.68. The zero-order valence-electron chi connectivity index (χ0n) is 25.5. The molecule has 0 aliphatic rings. The van der Waals surface area contributed by atoms with Crippen LogP contribution < -0.4 is 14.2 Å². The number of nitrogens with one attached hydrogen (secondary N) is 1. The van der Waals surface area contributed by atoms with Crippen LogP contribution in [0.5, 0.6) is 11.5 Å². The fraction of sp³-hybridized carbons (Fsp3) is 0.517. The van der Waals surface area contributed by atoms with Gasteiger partial charge in [0.2, 0.25) is 0 Å². The normalized spacial score (nSPS) is 12.2. The largest absolute Gasteiger partial charge is 0.543 e. The van der Waals surface area contributed by atoms with Crippen molar-refractivity contribution in [3.63, 3.8) is 0 Å². The number of esters is 1. The molecule has 1 N–H and O–H groups in total. The van der Waals surface area contributed by atoms with Crippen LogP contribution in [0.1, 0.15) is 63.9 Å². The average Bonchev–Trinajstić information content (AvgIpc) is 2.82. The number of benzene rings is 1. The number of methoxy groups -OCH3 is 1. The van der Waals surface area contributed by atoms with E-state index in [9.17, 15) is 9.59 Å². The maximum absolute atomic E-state index is 13.2. The highest BCUT2D eigenvalue weighted by atomic mass is 35.5. The molecule has 1 aromatic carbocycles. The summed E-state index contributed by atoms with van der Waals surface area (Å²) in [6.45, 7) is 21.3. The van der Waals surface area contributed by atoms with Gasteiger partial charge < -0.3 is 13.6 Å². The lowest BCUT2D eigenvalue weighted by Crippen LogP contribution is -2.45. The molecule has 1 amide bonds. The van der Waals surface area contributed by atoms with Crippen molar-refractivity contribution in [1.29, 1.82) is 0 Å². The van der Waals surface area contributed by atoms with E-state index in [1.54, 1.807) is 6.07 Å². The van der Waals surface area contributed by atoms with Crippen LogP contribution in [0.3, 0.4) is 0 Å². The van der Waals surface area contributed by atoms with E-state index < -0.39 is 28.5 Å². The summed E-state index contributed by atoms with van der Waals surface area (Å²) in [6.07, 6.45) is 4.94. The van der Waals surface area contributed by atoms with Gasteiger partial charge in [0.25, 0.3) is 16.6 Å². The molecule has 2 rings (SSSR count). The number of aromatic nitrogens is 2. The van der Waals surface area contributed by atoms with Crippen LogP contribution in [0.15, 0.2) is 24.7 Å². The van der Waals surface area contributed by atoms with Crippen molar-refractivity contribution in [2.24, 2.45) is 0 Å². The van der Waals surface area contributed by atoms with Crippen LogP contribution in [0, 0.1) is 11.8 Å².